The molecule has 0 bridgehead atoms. The fourth-order valence-corrected chi connectivity index (χ4v) is 24.8. The van der Waals surface area contributed by atoms with Gasteiger partial charge in [0.1, 0.15) is 11.2 Å². The summed E-state index contributed by atoms with van der Waals surface area (Å²) in [6.07, 6.45) is 0. The van der Waals surface area contributed by atoms with Gasteiger partial charge in [0.15, 0.2) is 0 Å². The van der Waals surface area contributed by atoms with E-state index in [9.17, 15) is 0 Å². The van der Waals surface area contributed by atoms with Crippen LogP contribution in [0.3, 0.4) is 0 Å². The molecule has 0 amide bonds. The van der Waals surface area contributed by atoms with Gasteiger partial charge in [-0.15, -0.1) is 0 Å². The lowest BCUT2D eigenvalue weighted by molar-refractivity contribution is 0.669. The average molecular weight is 1680 g/mol. The van der Waals surface area contributed by atoms with E-state index in [1.807, 2.05) is 59.2 Å². The number of para-hydroxylation sites is 11. The van der Waals surface area contributed by atoms with Crippen LogP contribution in [0.2, 0.25) is 0 Å². The molecule has 20 aromatic carbocycles. The summed E-state index contributed by atoms with van der Waals surface area (Å²) in [4.78, 5) is 10.5. The summed E-state index contributed by atoms with van der Waals surface area (Å²) in [5, 5.41) is 20.5. The van der Waals surface area contributed by atoms with Crippen molar-refractivity contribution in [2.75, 3.05) is 0 Å². The number of hydrogen-bond donors (Lipinski definition) is 0. The lowest BCUT2D eigenvalue weighted by Gasteiger charge is -2.19. The number of rotatable bonds is 4. The Kier molecular flexibility index (Phi) is 16.1. The molecule has 0 saturated heterocycles. The van der Waals surface area contributed by atoms with E-state index in [1.54, 1.807) is 0 Å². The van der Waals surface area contributed by atoms with Crippen LogP contribution in [-0.4, -0.2) is 22.8 Å². The molecule has 0 atom stereocenters. The molecule has 4 aliphatic rings. The van der Waals surface area contributed by atoms with Gasteiger partial charge in [-0.05, 0) is 219 Å². The number of nitrogens with zero attached hydrogens (tertiary/aromatic N) is 5. The zero-order chi connectivity index (χ0) is 82.3. The van der Waals surface area contributed by atoms with E-state index in [0.29, 0.717) is 0 Å². The Morgan fingerprint density at radius 1 is 0.167 bits per heavy atom. The van der Waals surface area contributed by atoms with Gasteiger partial charge in [-0.2, -0.15) is 0 Å². The smallest absolute Gasteiger partial charge is 0.135 e. The maximum atomic E-state index is 6.04. The zero-order valence-corrected chi connectivity index (χ0v) is 70.9. The van der Waals surface area contributed by atoms with Crippen LogP contribution < -0.4 is 0 Å². The topological polar surface area (TPSA) is 37.8 Å². The van der Waals surface area contributed by atoms with Gasteiger partial charge in [0.2, 0.25) is 0 Å². The van der Waals surface area contributed by atoms with Crippen LogP contribution in [0.25, 0.3) is 214 Å². The van der Waals surface area contributed by atoms with Crippen LogP contribution in [0.1, 0.15) is 0 Å². The fourth-order valence-electron chi connectivity index (χ4n) is 20.5. The van der Waals surface area contributed by atoms with Crippen molar-refractivity contribution >= 4 is 200 Å². The maximum absolute atomic E-state index is 6.04. The Morgan fingerprint density at radius 2 is 0.484 bits per heavy atom. The van der Waals surface area contributed by atoms with Gasteiger partial charge in [0.05, 0.1) is 77.9 Å². The summed E-state index contributed by atoms with van der Waals surface area (Å²) in [6, 6.07) is 152. The molecule has 30 rings (SSSR count). The second-order valence-corrected chi connectivity index (χ2v) is 37.2. The largest absolute Gasteiger partial charge is 0.456 e. The van der Waals surface area contributed by atoms with Gasteiger partial charge in [0.25, 0.3) is 0 Å². The van der Waals surface area contributed by atoms with E-state index < -0.39 is 0 Å². The summed E-state index contributed by atoms with van der Waals surface area (Å²) in [6.45, 7) is 0. The van der Waals surface area contributed by atoms with E-state index in [1.165, 1.54) is 232 Å². The second kappa shape index (κ2) is 28.3. The van der Waals surface area contributed by atoms with E-state index in [2.05, 4.69) is 429 Å². The van der Waals surface area contributed by atoms with Gasteiger partial charge in [-0.1, -0.05) is 302 Å². The van der Waals surface area contributed by atoms with Crippen LogP contribution in [0, 0.1) is 0 Å². The Hall–Kier alpha value is -14.9. The van der Waals surface area contributed by atoms with Crippen molar-refractivity contribution in [3.05, 3.63) is 419 Å². The van der Waals surface area contributed by atoms with Crippen molar-refractivity contribution in [1.82, 2.24) is 22.8 Å². The molecule has 0 spiro atoms. The molecule has 0 unspecified atom stereocenters. The second-order valence-electron chi connectivity index (χ2n) is 32.9. The van der Waals surface area contributed by atoms with Gasteiger partial charge >= 0.3 is 0 Å². The first kappa shape index (κ1) is 71.7. The summed E-state index contributed by atoms with van der Waals surface area (Å²) >= 11 is 7.48. The third-order valence-corrected chi connectivity index (χ3v) is 30.5. The Labute approximate surface area is 740 Å². The molecule has 0 radical (unpaired) electrons. The molecule has 6 aromatic heterocycles. The molecule has 4 aliphatic heterocycles. The lowest BCUT2D eigenvalue weighted by Crippen LogP contribution is -2.01. The summed E-state index contributed by atoms with van der Waals surface area (Å²) in [5.74, 6) is 0. The number of aromatic nitrogens is 5. The molecule has 26 aromatic rings. The highest BCUT2D eigenvalue weighted by Gasteiger charge is 2.29. The molecule has 0 N–H and O–H groups in total. The Morgan fingerprint density at radius 3 is 0.984 bits per heavy atom. The van der Waals surface area contributed by atoms with E-state index in [4.69, 9.17) is 4.42 Å². The first-order chi connectivity index (χ1) is 62.5. The first-order valence-electron chi connectivity index (χ1n) is 42.7. The molecule has 10 heterocycles. The zero-order valence-electron chi connectivity index (χ0n) is 67.6. The van der Waals surface area contributed by atoms with Gasteiger partial charge in [0, 0.05) is 109 Å². The van der Waals surface area contributed by atoms with Crippen molar-refractivity contribution < 1.29 is 4.42 Å². The van der Waals surface area contributed by atoms with Gasteiger partial charge < -0.3 is 27.3 Å². The van der Waals surface area contributed by atoms with Gasteiger partial charge in [-0.25, -0.2) is 0 Å². The van der Waals surface area contributed by atoms with Crippen molar-refractivity contribution in [3.8, 4) is 61.8 Å². The van der Waals surface area contributed by atoms with Crippen molar-refractivity contribution in [3.63, 3.8) is 0 Å². The van der Waals surface area contributed by atoms with E-state index in [-0.39, 0.29) is 0 Å². The van der Waals surface area contributed by atoms with Crippen LogP contribution >= 0.6 is 47.0 Å². The van der Waals surface area contributed by atoms with Crippen molar-refractivity contribution in [1.29, 1.82) is 0 Å². The minimum absolute atomic E-state index is 0.932. The monoisotopic (exact) mass is 1680 g/mol. The molecular formula is C116H69N5OS4. The standard InChI is InChI=1S/C30H18N2S.C30H17NOS.2C28H17NS/c1-3-11-24-20(8-1)21-9-2-4-12-25(21)31(24)19-16-17-26-23(18-19)22-10-7-15-29-30(22)32(26)27-13-5-6-14-28(27)33-29;1-3-9-26-20(6-1)23-17-19(13-15-27(23)32-26)18-12-14-24-22(16-18)21-7-5-11-29-30(21)31(24)25-8-2-4-10-28(25)33-29;1-2-9-20-18(7-1)8-5-10-21(20)19-15-16-24-23(17-19)22-11-6-14-27-28(22)29(24)25-12-3-4-13-26(25)30-27;1-2-7-19-16-20(13-12-18(19)6-1)21-14-15-24-23(17-21)22-8-5-11-27-28(22)29(24)25-9-3-4-10-26(25)30-27/h1-18H;1-17H;2*1-17H. The van der Waals surface area contributed by atoms with E-state index in [0.717, 1.165) is 21.9 Å². The van der Waals surface area contributed by atoms with Crippen LogP contribution in [0.4, 0.5) is 0 Å². The normalized spacial score (nSPS) is 12.6. The van der Waals surface area contributed by atoms with Crippen molar-refractivity contribution in [2.45, 2.75) is 39.2 Å². The SMILES string of the molecule is c1ccc2c(c1)Sc1cccc3c4cc(-c5ccc6ccccc6c5)ccc4n-2c13.c1ccc2c(c1)Sc1cccc3c4cc(-c5ccc6oc7ccccc7c6c5)ccc4n-2c13.c1ccc2c(c1)Sc1cccc3c4cc(-c5cccc6ccccc56)ccc4n-2c13.c1ccc2c(c1)Sc1cccc3c4cc(-n5c6ccccc6c6ccccc65)ccc4n-2c13. The highest BCUT2D eigenvalue weighted by atomic mass is 32.2. The third-order valence-electron chi connectivity index (χ3n) is 26.0. The number of hydrogen-bond acceptors (Lipinski definition) is 5. The lowest BCUT2D eigenvalue weighted by atomic mass is 9.97. The van der Waals surface area contributed by atoms with Crippen molar-refractivity contribution in [2.24, 2.45) is 0 Å². The quantitative estimate of drug-likeness (QED) is 0.176. The van der Waals surface area contributed by atoms with Crippen LogP contribution in [0.15, 0.2) is 462 Å². The Balaban J connectivity index is 0.0000000874. The summed E-state index contributed by atoms with van der Waals surface area (Å²) in [7, 11) is 0. The molecular weight excluding hydrogens is 1610 g/mol. The third kappa shape index (κ3) is 11.0. The number of fused-ring (bicyclic) bond motifs is 28. The summed E-state index contributed by atoms with van der Waals surface area (Å²) in [5.41, 5.74) is 28.5. The Bertz CT molecular complexity index is 9100. The fraction of sp³-hybridized carbons (Fsp3) is 0. The molecule has 126 heavy (non-hydrogen) atoms. The van der Waals surface area contributed by atoms with Crippen LogP contribution in [-0.2, 0) is 0 Å². The molecule has 6 nitrogen and oxygen atoms in total. The predicted molar refractivity (Wildman–Crippen MR) is 533 cm³/mol. The molecule has 0 saturated carbocycles. The average Bonchev–Trinajstić information content (AvgIpc) is 1.57. The number of benzene rings is 20. The van der Waals surface area contributed by atoms with E-state index >= 15 is 0 Å². The molecule has 588 valence electrons. The first-order valence-corrected chi connectivity index (χ1v) is 46.0. The highest BCUT2D eigenvalue weighted by Crippen LogP contribution is 2.53. The minimum Gasteiger partial charge on any atom is -0.456 e. The molecule has 0 fully saturated rings. The summed E-state index contributed by atoms with van der Waals surface area (Å²) < 4.78 is 18.2. The maximum Gasteiger partial charge on any atom is 0.135 e. The number of furan rings is 1. The minimum atomic E-state index is 0.932. The molecule has 10 heteroatoms. The predicted octanol–water partition coefficient (Wildman–Crippen LogP) is 33.3. The van der Waals surface area contributed by atoms with Crippen LogP contribution in [0.5, 0.6) is 0 Å². The highest BCUT2D eigenvalue weighted by molar-refractivity contribution is 8.00. The van der Waals surface area contributed by atoms with Gasteiger partial charge in [-0.3, -0.25) is 0 Å². The molecule has 0 aliphatic carbocycles.